The topological polar surface area (TPSA) is 72.2 Å². The van der Waals surface area contributed by atoms with Gasteiger partial charge in [-0.3, -0.25) is 4.79 Å². The number of nitrogens with zero attached hydrogens (tertiary/aromatic N) is 4. The van der Waals surface area contributed by atoms with Crippen molar-refractivity contribution in [2.24, 2.45) is 0 Å². The summed E-state index contributed by atoms with van der Waals surface area (Å²) in [6.45, 7) is 3.76. The summed E-state index contributed by atoms with van der Waals surface area (Å²) in [5.74, 6) is -0.225. The minimum absolute atomic E-state index is 0.225. The fourth-order valence-electron chi connectivity index (χ4n) is 1.72. The molecule has 1 amide bonds. The van der Waals surface area contributed by atoms with Gasteiger partial charge in [-0.1, -0.05) is 0 Å². The summed E-state index contributed by atoms with van der Waals surface area (Å²) >= 11 is 1.25. The molecule has 3 aromatic heterocycles. The van der Waals surface area contributed by atoms with Gasteiger partial charge in [0.05, 0.1) is 11.9 Å². The van der Waals surface area contributed by atoms with Crippen molar-refractivity contribution < 1.29 is 4.79 Å². The first kappa shape index (κ1) is 11.8. The minimum Gasteiger partial charge on any atom is -0.312 e. The Morgan fingerprint density at radius 1 is 1.37 bits per heavy atom. The SMILES string of the molecule is Cc1cc(NC(=O)c2cnn3ccc(C)nc23)sn1. The molecule has 0 aromatic carbocycles. The zero-order valence-electron chi connectivity index (χ0n) is 10.4. The van der Waals surface area contributed by atoms with Gasteiger partial charge in [0.25, 0.3) is 5.91 Å². The minimum atomic E-state index is -0.225. The van der Waals surface area contributed by atoms with Gasteiger partial charge in [0.2, 0.25) is 0 Å². The lowest BCUT2D eigenvalue weighted by Gasteiger charge is -2.00. The fraction of sp³-hybridized carbons (Fsp3) is 0.167. The Balaban J connectivity index is 1.95. The number of carbonyl (C=O) groups is 1. The zero-order chi connectivity index (χ0) is 13.4. The molecule has 0 saturated carbocycles. The van der Waals surface area contributed by atoms with Crippen LogP contribution in [0.25, 0.3) is 5.65 Å². The maximum absolute atomic E-state index is 12.2. The quantitative estimate of drug-likeness (QED) is 0.775. The van der Waals surface area contributed by atoms with Crippen LogP contribution in [0.15, 0.2) is 24.5 Å². The van der Waals surface area contributed by atoms with Gasteiger partial charge in [0.15, 0.2) is 5.65 Å². The number of nitrogens with one attached hydrogen (secondary N) is 1. The van der Waals surface area contributed by atoms with E-state index in [0.29, 0.717) is 11.2 Å². The van der Waals surface area contributed by atoms with Gasteiger partial charge in [-0.15, -0.1) is 0 Å². The van der Waals surface area contributed by atoms with E-state index in [9.17, 15) is 4.79 Å². The van der Waals surface area contributed by atoms with E-state index in [0.717, 1.165) is 16.4 Å². The van der Waals surface area contributed by atoms with Crippen molar-refractivity contribution in [2.75, 3.05) is 5.32 Å². The monoisotopic (exact) mass is 273 g/mol. The molecule has 3 heterocycles. The summed E-state index contributed by atoms with van der Waals surface area (Å²) in [6.07, 6.45) is 3.30. The molecule has 3 aromatic rings. The van der Waals surface area contributed by atoms with E-state index < -0.39 is 0 Å². The molecule has 0 radical (unpaired) electrons. The van der Waals surface area contributed by atoms with Gasteiger partial charge in [-0.05, 0) is 37.5 Å². The van der Waals surface area contributed by atoms with Crippen molar-refractivity contribution in [3.63, 3.8) is 0 Å². The predicted molar refractivity (Wildman–Crippen MR) is 72.5 cm³/mol. The summed E-state index contributed by atoms with van der Waals surface area (Å²) in [5.41, 5.74) is 2.73. The number of aromatic nitrogens is 4. The molecule has 7 heteroatoms. The van der Waals surface area contributed by atoms with Crippen molar-refractivity contribution >= 4 is 28.1 Å². The molecule has 96 valence electrons. The number of rotatable bonds is 2. The van der Waals surface area contributed by atoms with Crippen LogP contribution in [0.5, 0.6) is 0 Å². The average Bonchev–Trinajstić information content (AvgIpc) is 2.95. The van der Waals surface area contributed by atoms with Crippen LogP contribution in [-0.2, 0) is 0 Å². The Labute approximate surface area is 113 Å². The second-order valence-corrected chi connectivity index (χ2v) is 4.99. The molecule has 0 aliphatic carbocycles. The van der Waals surface area contributed by atoms with Crippen LogP contribution in [0.4, 0.5) is 5.00 Å². The lowest BCUT2D eigenvalue weighted by molar-refractivity contribution is 0.102. The molecular formula is C12H11N5OS. The van der Waals surface area contributed by atoms with Crippen LogP contribution < -0.4 is 5.32 Å². The molecule has 0 saturated heterocycles. The largest absolute Gasteiger partial charge is 0.312 e. The number of hydrogen-bond donors (Lipinski definition) is 1. The van der Waals surface area contributed by atoms with E-state index in [1.165, 1.54) is 17.7 Å². The molecule has 19 heavy (non-hydrogen) atoms. The third-order valence-corrected chi connectivity index (χ3v) is 3.41. The molecule has 0 bridgehead atoms. The highest BCUT2D eigenvalue weighted by molar-refractivity contribution is 7.10. The highest BCUT2D eigenvalue weighted by Gasteiger charge is 2.15. The van der Waals surface area contributed by atoms with Crippen molar-refractivity contribution in [3.05, 3.63) is 41.5 Å². The lowest BCUT2D eigenvalue weighted by atomic mass is 10.3. The van der Waals surface area contributed by atoms with Crippen molar-refractivity contribution in [1.29, 1.82) is 0 Å². The first-order valence-corrected chi connectivity index (χ1v) is 6.46. The van der Waals surface area contributed by atoms with E-state index >= 15 is 0 Å². The molecule has 1 N–H and O–H groups in total. The molecule has 0 spiro atoms. The van der Waals surface area contributed by atoms with Crippen LogP contribution in [0.3, 0.4) is 0 Å². The van der Waals surface area contributed by atoms with E-state index in [4.69, 9.17) is 0 Å². The highest BCUT2D eigenvalue weighted by Crippen LogP contribution is 2.17. The summed E-state index contributed by atoms with van der Waals surface area (Å²) in [6, 6.07) is 3.67. The second kappa shape index (κ2) is 4.43. The smallest absolute Gasteiger partial charge is 0.261 e. The number of anilines is 1. The Bertz CT molecular complexity index is 760. The second-order valence-electron chi connectivity index (χ2n) is 4.18. The first-order valence-electron chi connectivity index (χ1n) is 5.69. The normalized spacial score (nSPS) is 10.8. The summed E-state index contributed by atoms with van der Waals surface area (Å²) in [5, 5.41) is 7.63. The number of carbonyl (C=O) groups excluding carboxylic acids is 1. The molecular weight excluding hydrogens is 262 g/mol. The van der Waals surface area contributed by atoms with Gasteiger partial charge in [-0.25, -0.2) is 9.50 Å². The third-order valence-electron chi connectivity index (χ3n) is 2.62. The Kier molecular flexibility index (Phi) is 2.75. The molecule has 0 fully saturated rings. The summed E-state index contributed by atoms with van der Waals surface area (Å²) in [7, 11) is 0. The highest BCUT2D eigenvalue weighted by atomic mass is 32.1. The van der Waals surface area contributed by atoms with E-state index in [1.807, 2.05) is 26.0 Å². The van der Waals surface area contributed by atoms with E-state index in [1.54, 1.807) is 10.7 Å². The van der Waals surface area contributed by atoms with Gasteiger partial charge in [0, 0.05) is 11.9 Å². The molecule has 0 aliphatic rings. The number of hydrogen-bond acceptors (Lipinski definition) is 5. The lowest BCUT2D eigenvalue weighted by Crippen LogP contribution is -2.11. The third kappa shape index (κ3) is 2.19. The van der Waals surface area contributed by atoms with E-state index in [-0.39, 0.29) is 5.91 Å². The maximum Gasteiger partial charge on any atom is 0.261 e. The number of amides is 1. The predicted octanol–water partition coefficient (Wildman–Crippen LogP) is 2.05. The summed E-state index contributed by atoms with van der Waals surface area (Å²) < 4.78 is 5.70. The average molecular weight is 273 g/mol. The molecule has 0 aliphatic heterocycles. The molecule has 6 nitrogen and oxygen atoms in total. The fourth-order valence-corrected chi connectivity index (χ4v) is 2.38. The number of aryl methyl sites for hydroxylation is 2. The van der Waals surface area contributed by atoms with Gasteiger partial charge >= 0.3 is 0 Å². The Morgan fingerprint density at radius 2 is 2.21 bits per heavy atom. The summed E-state index contributed by atoms with van der Waals surface area (Å²) in [4.78, 5) is 16.5. The Hall–Kier alpha value is -2.28. The number of fused-ring (bicyclic) bond motifs is 1. The zero-order valence-corrected chi connectivity index (χ0v) is 11.2. The van der Waals surface area contributed by atoms with Gasteiger partial charge in [-0.2, -0.15) is 9.47 Å². The standard InChI is InChI=1S/C12H11N5OS/c1-7-3-4-17-11(14-7)9(6-13-17)12(18)15-10-5-8(2)16-19-10/h3-6H,1-2H3,(H,15,18). The van der Waals surface area contributed by atoms with Crippen molar-refractivity contribution in [2.45, 2.75) is 13.8 Å². The van der Waals surface area contributed by atoms with Crippen LogP contribution >= 0.6 is 11.5 Å². The van der Waals surface area contributed by atoms with Gasteiger partial charge < -0.3 is 5.32 Å². The van der Waals surface area contributed by atoms with Crippen LogP contribution in [-0.4, -0.2) is 24.9 Å². The van der Waals surface area contributed by atoms with Crippen LogP contribution in [0.2, 0.25) is 0 Å². The van der Waals surface area contributed by atoms with Crippen LogP contribution in [0, 0.1) is 13.8 Å². The van der Waals surface area contributed by atoms with Gasteiger partial charge in [0.1, 0.15) is 10.6 Å². The molecule has 3 rings (SSSR count). The van der Waals surface area contributed by atoms with Crippen molar-refractivity contribution in [1.82, 2.24) is 19.0 Å². The van der Waals surface area contributed by atoms with Crippen LogP contribution in [0.1, 0.15) is 21.7 Å². The maximum atomic E-state index is 12.2. The van der Waals surface area contributed by atoms with E-state index in [2.05, 4.69) is 19.8 Å². The van der Waals surface area contributed by atoms with Crippen molar-refractivity contribution in [3.8, 4) is 0 Å². The Morgan fingerprint density at radius 3 is 2.95 bits per heavy atom. The molecule has 0 atom stereocenters. The first-order chi connectivity index (χ1) is 9.13. The molecule has 0 unspecified atom stereocenters.